The van der Waals surface area contributed by atoms with Crippen LogP contribution in [0.4, 0.5) is 4.39 Å². The molecule has 0 aliphatic rings. The van der Waals surface area contributed by atoms with Crippen molar-refractivity contribution in [3.05, 3.63) is 48.1 Å². The lowest BCUT2D eigenvalue weighted by Gasteiger charge is -2.18. The summed E-state index contributed by atoms with van der Waals surface area (Å²) in [5.41, 5.74) is 0.389. The number of aromatic nitrogens is 3. The molecule has 0 saturated carbocycles. The number of hydrogen-bond donors (Lipinski definition) is 1. The zero-order valence-corrected chi connectivity index (χ0v) is 10.6. The van der Waals surface area contributed by atoms with Crippen molar-refractivity contribution in [2.45, 2.75) is 26.4 Å². The Morgan fingerprint density at radius 3 is 2.83 bits per heavy atom. The summed E-state index contributed by atoms with van der Waals surface area (Å²) in [6, 6.07) is 2.70. The standard InChI is InChI=1S/C13H17FN4/c1-3-15-12(11-10(14)6-5-7-16-11)13-17-8-9-18(13)4-2/h5-9,12,15H,3-4H2,1-2H3. The predicted octanol–water partition coefficient (Wildman–Crippen LogP) is 2.14. The highest BCUT2D eigenvalue weighted by Crippen LogP contribution is 2.21. The van der Waals surface area contributed by atoms with Crippen LogP contribution in [0, 0.1) is 5.82 Å². The van der Waals surface area contributed by atoms with Gasteiger partial charge >= 0.3 is 0 Å². The molecule has 2 rings (SSSR count). The van der Waals surface area contributed by atoms with Gasteiger partial charge in [0.1, 0.15) is 23.4 Å². The van der Waals surface area contributed by atoms with E-state index < -0.39 is 0 Å². The van der Waals surface area contributed by atoms with Crippen molar-refractivity contribution >= 4 is 0 Å². The topological polar surface area (TPSA) is 42.7 Å². The Bertz CT molecular complexity index is 509. The van der Waals surface area contributed by atoms with Crippen molar-refractivity contribution in [2.75, 3.05) is 6.54 Å². The van der Waals surface area contributed by atoms with Gasteiger partial charge in [0.25, 0.3) is 0 Å². The Hall–Kier alpha value is -1.75. The van der Waals surface area contributed by atoms with E-state index in [-0.39, 0.29) is 11.9 Å². The first-order chi connectivity index (χ1) is 8.77. The van der Waals surface area contributed by atoms with Gasteiger partial charge in [0.15, 0.2) is 0 Å². The lowest BCUT2D eigenvalue weighted by atomic mass is 10.1. The fourth-order valence-corrected chi connectivity index (χ4v) is 1.97. The SMILES string of the molecule is CCNC(c1ncccc1F)c1nccn1CC. The second-order valence-electron chi connectivity index (χ2n) is 3.93. The quantitative estimate of drug-likeness (QED) is 0.881. The molecule has 2 heterocycles. The highest BCUT2D eigenvalue weighted by molar-refractivity contribution is 5.20. The van der Waals surface area contributed by atoms with Crippen LogP contribution in [0.5, 0.6) is 0 Å². The van der Waals surface area contributed by atoms with Crippen LogP contribution in [-0.2, 0) is 6.54 Å². The van der Waals surface area contributed by atoms with Crippen LogP contribution < -0.4 is 5.32 Å². The molecule has 18 heavy (non-hydrogen) atoms. The van der Waals surface area contributed by atoms with E-state index in [0.29, 0.717) is 5.69 Å². The molecule has 0 aliphatic carbocycles. The molecule has 5 heteroatoms. The molecule has 1 N–H and O–H groups in total. The van der Waals surface area contributed by atoms with Crippen LogP contribution >= 0.6 is 0 Å². The van der Waals surface area contributed by atoms with E-state index in [2.05, 4.69) is 15.3 Å². The number of halogens is 1. The van der Waals surface area contributed by atoms with Crippen LogP contribution in [0.2, 0.25) is 0 Å². The number of nitrogens with zero attached hydrogens (tertiary/aromatic N) is 3. The van der Waals surface area contributed by atoms with E-state index in [4.69, 9.17) is 0 Å². The largest absolute Gasteiger partial charge is 0.334 e. The molecular formula is C13H17FN4. The highest BCUT2D eigenvalue weighted by Gasteiger charge is 2.22. The summed E-state index contributed by atoms with van der Waals surface area (Å²) < 4.78 is 15.8. The molecular weight excluding hydrogens is 231 g/mol. The smallest absolute Gasteiger partial charge is 0.146 e. The molecule has 0 aliphatic heterocycles. The van der Waals surface area contributed by atoms with Gasteiger partial charge in [-0.3, -0.25) is 4.98 Å². The summed E-state index contributed by atoms with van der Waals surface area (Å²) in [5.74, 6) is 0.478. The van der Waals surface area contributed by atoms with Crippen LogP contribution in [0.15, 0.2) is 30.7 Å². The molecule has 1 atom stereocenters. The van der Waals surface area contributed by atoms with Crippen LogP contribution in [0.1, 0.15) is 31.4 Å². The second-order valence-corrected chi connectivity index (χ2v) is 3.93. The van der Waals surface area contributed by atoms with Crippen molar-refractivity contribution in [3.63, 3.8) is 0 Å². The summed E-state index contributed by atoms with van der Waals surface area (Å²) in [7, 11) is 0. The van der Waals surface area contributed by atoms with Crippen molar-refractivity contribution < 1.29 is 4.39 Å². The number of nitrogens with one attached hydrogen (secondary N) is 1. The molecule has 0 amide bonds. The monoisotopic (exact) mass is 248 g/mol. The van der Waals surface area contributed by atoms with Gasteiger partial charge in [0.05, 0.1) is 0 Å². The van der Waals surface area contributed by atoms with E-state index in [0.717, 1.165) is 18.9 Å². The number of rotatable bonds is 5. The molecule has 2 aromatic heterocycles. The van der Waals surface area contributed by atoms with Gasteiger partial charge in [-0.05, 0) is 25.6 Å². The highest BCUT2D eigenvalue weighted by atomic mass is 19.1. The third-order valence-corrected chi connectivity index (χ3v) is 2.82. The van der Waals surface area contributed by atoms with Crippen molar-refractivity contribution in [2.24, 2.45) is 0 Å². The predicted molar refractivity (Wildman–Crippen MR) is 67.6 cm³/mol. The summed E-state index contributed by atoms with van der Waals surface area (Å²) in [6.07, 6.45) is 5.21. The summed E-state index contributed by atoms with van der Waals surface area (Å²) in [5, 5.41) is 3.23. The third-order valence-electron chi connectivity index (χ3n) is 2.82. The van der Waals surface area contributed by atoms with Gasteiger partial charge in [-0.15, -0.1) is 0 Å². The van der Waals surface area contributed by atoms with Crippen molar-refractivity contribution in [1.82, 2.24) is 19.9 Å². The van der Waals surface area contributed by atoms with Gasteiger partial charge in [-0.25, -0.2) is 9.37 Å². The lowest BCUT2D eigenvalue weighted by molar-refractivity contribution is 0.509. The molecule has 4 nitrogen and oxygen atoms in total. The second kappa shape index (κ2) is 5.73. The summed E-state index contributed by atoms with van der Waals surface area (Å²) in [6.45, 7) is 5.53. The molecule has 1 unspecified atom stereocenters. The third kappa shape index (κ3) is 2.41. The van der Waals surface area contributed by atoms with E-state index in [1.807, 2.05) is 24.6 Å². The van der Waals surface area contributed by atoms with Crippen molar-refractivity contribution in [3.8, 4) is 0 Å². The minimum atomic E-state index is -0.314. The van der Waals surface area contributed by atoms with Gasteiger partial charge in [0.2, 0.25) is 0 Å². The van der Waals surface area contributed by atoms with Crippen LogP contribution in [0.3, 0.4) is 0 Å². The minimum Gasteiger partial charge on any atom is -0.334 e. The lowest BCUT2D eigenvalue weighted by Crippen LogP contribution is -2.27. The molecule has 0 spiro atoms. The maximum Gasteiger partial charge on any atom is 0.146 e. The number of aryl methyl sites for hydroxylation is 1. The average molecular weight is 248 g/mol. The van der Waals surface area contributed by atoms with Gasteiger partial charge in [-0.1, -0.05) is 6.92 Å². The first-order valence-electron chi connectivity index (χ1n) is 6.12. The molecule has 0 radical (unpaired) electrons. The zero-order chi connectivity index (χ0) is 13.0. The fourth-order valence-electron chi connectivity index (χ4n) is 1.97. The Morgan fingerprint density at radius 1 is 1.33 bits per heavy atom. The van der Waals surface area contributed by atoms with E-state index >= 15 is 0 Å². The van der Waals surface area contributed by atoms with Crippen LogP contribution in [-0.4, -0.2) is 21.1 Å². The number of hydrogen-bond acceptors (Lipinski definition) is 3. The number of pyridine rings is 1. The average Bonchev–Trinajstić information content (AvgIpc) is 2.85. The molecule has 0 fully saturated rings. The molecule has 96 valence electrons. The Labute approximate surface area is 106 Å². The molecule has 2 aromatic rings. The van der Waals surface area contributed by atoms with Crippen molar-refractivity contribution in [1.29, 1.82) is 0 Å². The normalized spacial score (nSPS) is 12.6. The summed E-state index contributed by atoms with van der Waals surface area (Å²) >= 11 is 0. The molecule has 0 bridgehead atoms. The molecule has 0 saturated heterocycles. The maximum atomic E-state index is 13.9. The Balaban J connectivity index is 2.43. The zero-order valence-electron chi connectivity index (χ0n) is 10.6. The summed E-state index contributed by atoms with van der Waals surface area (Å²) in [4.78, 5) is 8.46. The van der Waals surface area contributed by atoms with Gasteiger partial charge in [-0.2, -0.15) is 0 Å². The molecule has 0 aromatic carbocycles. The fraction of sp³-hybridized carbons (Fsp3) is 0.385. The first-order valence-corrected chi connectivity index (χ1v) is 6.12. The first kappa shape index (κ1) is 12.7. The van der Waals surface area contributed by atoms with E-state index in [9.17, 15) is 4.39 Å². The number of imidazole rings is 1. The van der Waals surface area contributed by atoms with E-state index in [1.54, 1.807) is 18.5 Å². The Kier molecular flexibility index (Phi) is 4.04. The van der Waals surface area contributed by atoms with Gasteiger partial charge in [0, 0.05) is 25.1 Å². The minimum absolute atomic E-state index is 0.311. The Morgan fingerprint density at radius 2 is 2.17 bits per heavy atom. The van der Waals surface area contributed by atoms with E-state index in [1.165, 1.54) is 6.07 Å². The van der Waals surface area contributed by atoms with Crippen LogP contribution in [0.25, 0.3) is 0 Å². The van der Waals surface area contributed by atoms with Gasteiger partial charge < -0.3 is 9.88 Å². The maximum absolute atomic E-state index is 13.9.